The van der Waals surface area contributed by atoms with Gasteiger partial charge in [0.15, 0.2) is 0 Å². The van der Waals surface area contributed by atoms with Crippen LogP contribution in [0.2, 0.25) is 0 Å². The van der Waals surface area contributed by atoms with Gasteiger partial charge in [-0.15, -0.1) is 0 Å². The highest BCUT2D eigenvalue weighted by atomic mass is 32.2. The summed E-state index contributed by atoms with van der Waals surface area (Å²) in [6.45, 7) is 8.68. The molecule has 1 aromatic carbocycles. The Balaban J connectivity index is 2.11. The maximum Gasteiger partial charge on any atom is 0.501 e. The molecule has 0 saturated carbocycles. The molecule has 26 heavy (non-hydrogen) atoms. The van der Waals surface area contributed by atoms with Crippen molar-refractivity contribution < 1.29 is 26.0 Å². The summed E-state index contributed by atoms with van der Waals surface area (Å²) in [5, 5.41) is 2.74. The molecule has 5 nitrogen and oxygen atoms in total. The van der Waals surface area contributed by atoms with E-state index in [1.165, 1.54) is 0 Å². The number of piperazine rings is 1. The van der Waals surface area contributed by atoms with Crippen LogP contribution in [0.3, 0.4) is 0 Å². The van der Waals surface area contributed by atoms with Crippen molar-refractivity contribution in [2.24, 2.45) is 0 Å². The van der Waals surface area contributed by atoms with E-state index in [9.17, 15) is 26.0 Å². The molecule has 1 aromatic rings. The van der Waals surface area contributed by atoms with Crippen LogP contribution in [0.5, 0.6) is 0 Å². The van der Waals surface area contributed by atoms with Gasteiger partial charge in [-0.1, -0.05) is 6.92 Å². The van der Waals surface area contributed by atoms with Gasteiger partial charge < -0.3 is 10.2 Å². The molecule has 2 rings (SSSR count). The van der Waals surface area contributed by atoms with E-state index in [-0.39, 0.29) is 18.3 Å². The van der Waals surface area contributed by atoms with Gasteiger partial charge in [-0.2, -0.15) is 13.2 Å². The summed E-state index contributed by atoms with van der Waals surface area (Å²) in [4.78, 5) is 3.39. The fourth-order valence-corrected chi connectivity index (χ4v) is 3.84. The number of halogens is 4. The Morgan fingerprint density at radius 2 is 1.81 bits per heavy atom. The molecule has 1 unspecified atom stereocenters. The van der Waals surface area contributed by atoms with Gasteiger partial charge in [0.1, 0.15) is 10.7 Å². The molecule has 148 valence electrons. The van der Waals surface area contributed by atoms with Crippen LogP contribution in [0.25, 0.3) is 0 Å². The number of nitrogens with zero attached hydrogens (tertiary/aromatic N) is 2. The van der Waals surface area contributed by atoms with E-state index < -0.39 is 26.1 Å². The molecular weight excluding hydrogens is 374 g/mol. The molecule has 1 aliphatic heterocycles. The average Bonchev–Trinajstić information content (AvgIpc) is 2.59. The number of hydrogen-bond acceptors (Lipinski definition) is 5. The topological polar surface area (TPSA) is 52.6 Å². The van der Waals surface area contributed by atoms with Crippen LogP contribution in [-0.2, 0) is 9.84 Å². The van der Waals surface area contributed by atoms with E-state index in [4.69, 9.17) is 0 Å². The van der Waals surface area contributed by atoms with Gasteiger partial charge in [0, 0.05) is 38.8 Å². The Bertz CT molecular complexity index is 717. The summed E-state index contributed by atoms with van der Waals surface area (Å²) >= 11 is 0. The summed E-state index contributed by atoms with van der Waals surface area (Å²) < 4.78 is 75.3. The standard InChI is InChI=1S/C16H23F4N3O2S/c1-3-22-6-8-23(9-7-22)12(2)11-21-14-5-4-13(17)10-15(14)26(24,25)16(18,19)20/h4-5,10,12,21H,3,6-9,11H2,1-2H3. The summed E-state index contributed by atoms with van der Waals surface area (Å²) in [7, 11) is -5.64. The second-order valence-corrected chi connectivity index (χ2v) is 8.20. The monoisotopic (exact) mass is 397 g/mol. The first-order valence-corrected chi connectivity index (χ1v) is 9.85. The van der Waals surface area contributed by atoms with E-state index in [0.717, 1.165) is 44.9 Å². The number of sulfone groups is 1. The number of anilines is 1. The lowest BCUT2D eigenvalue weighted by molar-refractivity contribution is -0.0435. The maximum absolute atomic E-state index is 13.4. The van der Waals surface area contributed by atoms with Crippen molar-refractivity contribution in [3.05, 3.63) is 24.0 Å². The Morgan fingerprint density at radius 1 is 1.19 bits per heavy atom. The van der Waals surface area contributed by atoms with Crippen molar-refractivity contribution >= 4 is 15.5 Å². The molecule has 0 amide bonds. The van der Waals surface area contributed by atoms with Gasteiger partial charge in [0.05, 0.1) is 5.69 Å². The summed E-state index contributed by atoms with van der Waals surface area (Å²) in [5.41, 5.74) is -5.73. The Morgan fingerprint density at radius 3 is 2.35 bits per heavy atom. The number of benzene rings is 1. The van der Waals surface area contributed by atoms with Crippen molar-refractivity contribution in [3.63, 3.8) is 0 Å². The van der Waals surface area contributed by atoms with Crippen molar-refractivity contribution in [1.82, 2.24) is 9.80 Å². The van der Waals surface area contributed by atoms with Crippen LogP contribution >= 0.6 is 0 Å². The van der Waals surface area contributed by atoms with E-state index in [0.29, 0.717) is 6.07 Å². The summed E-state index contributed by atoms with van der Waals surface area (Å²) in [5.74, 6) is -1.04. The third-order valence-corrected chi connectivity index (χ3v) is 6.13. The number of rotatable bonds is 6. The molecule has 0 spiro atoms. The minimum absolute atomic E-state index is 0.0134. The van der Waals surface area contributed by atoms with Crippen molar-refractivity contribution in [3.8, 4) is 0 Å². The molecule has 10 heteroatoms. The molecule has 1 N–H and O–H groups in total. The fourth-order valence-electron chi connectivity index (χ4n) is 2.90. The van der Waals surface area contributed by atoms with E-state index in [1.807, 2.05) is 6.92 Å². The lowest BCUT2D eigenvalue weighted by Gasteiger charge is -2.37. The molecule has 0 aromatic heterocycles. The van der Waals surface area contributed by atoms with Crippen molar-refractivity contribution in [1.29, 1.82) is 0 Å². The van der Waals surface area contributed by atoms with Gasteiger partial charge in [-0.25, -0.2) is 12.8 Å². The summed E-state index contributed by atoms with van der Waals surface area (Å²) in [6, 6.07) is 2.34. The first kappa shape index (κ1) is 20.9. The molecular formula is C16H23F4N3O2S. The van der Waals surface area contributed by atoms with Crippen molar-refractivity contribution in [2.75, 3.05) is 44.6 Å². The van der Waals surface area contributed by atoms with Crippen LogP contribution in [-0.4, -0.2) is 69.0 Å². The normalized spacial score (nSPS) is 18.7. The predicted octanol–water partition coefficient (Wildman–Crippen LogP) is 2.56. The molecule has 1 fully saturated rings. The predicted molar refractivity (Wildman–Crippen MR) is 91.3 cm³/mol. The molecule has 0 aliphatic carbocycles. The molecule has 1 aliphatic rings. The zero-order valence-electron chi connectivity index (χ0n) is 14.7. The Hall–Kier alpha value is -1.39. The Kier molecular flexibility index (Phi) is 6.51. The minimum Gasteiger partial charge on any atom is -0.382 e. The van der Waals surface area contributed by atoms with Gasteiger partial charge >= 0.3 is 5.51 Å². The quantitative estimate of drug-likeness (QED) is 0.748. The third-order valence-electron chi connectivity index (χ3n) is 4.60. The second kappa shape index (κ2) is 8.10. The molecule has 1 atom stereocenters. The lowest BCUT2D eigenvalue weighted by Crippen LogP contribution is -2.51. The molecule has 1 heterocycles. The van der Waals surface area contributed by atoms with Gasteiger partial charge in [0.25, 0.3) is 9.84 Å². The maximum atomic E-state index is 13.4. The van der Waals surface area contributed by atoms with E-state index >= 15 is 0 Å². The van der Waals surface area contributed by atoms with Crippen LogP contribution in [0.15, 0.2) is 23.1 Å². The minimum atomic E-state index is -5.64. The van der Waals surface area contributed by atoms with Gasteiger partial charge in [-0.05, 0) is 31.7 Å². The van der Waals surface area contributed by atoms with Crippen LogP contribution in [0.1, 0.15) is 13.8 Å². The van der Waals surface area contributed by atoms with E-state index in [2.05, 4.69) is 22.0 Å². The van der Waals surface area contributed by atoms with Crippen molar-refractivity contribution in [2.45, 2.75) is 30.3 Å². The highest BCUT2D eigenvalue weighted by Gasteiger charge is 2.48. The first-order chi connectivity index (χ1) is 12.1. The van der Waals surface area contributed by atoms with Crippen LogP contribution in [0.4, 0.5) is 23.2 Å². The SMILES string of the molecule is CCN1CCN(C(C)CNc2ccc(F)cc2S(=O)(=O)C(F)(F)F)CC1. The Labute approximate surface area is 150 Å². The average molecular weight is 397 g/mol. The number of alkyl halides is 3. The van der Waals surface area contributed by atoms with Gasteiger partial charge in [0.2, 0.25) is 0 Å². The smallest absolute Gasteiger partial charge is 0.382 e. The highest BCUT2D eigenvalue weighted by molar-refractivity contribution is 7.92. The zero-order chi connectivity index (χ0) is 19.5. The van der Waals surface area contributed by atoms with Gasteiger partial charge in [-0.3, -0.25) is 4.90 Å². The fraction of sp³-hybridized carbons (Fsp3) is 0.625. The first-order valence-electron chi connectivity index (χ1n) is 8.37. The zero-order valence-corrected chi connectivity index (χ0v) is 15.5. The largest absolute Gasteiger partial charge is 0.501 e. The van der Waals surface area contributed by atoms with E-state index in [1.54, 1.807) is 0 Å². The highest BCUT2D eigenvalue weighted by Crippen LogP contribution is 2.34. The number of nitrogens with one attached hydrogen (secondary N) is 1. The summed E-state index contributed by atoms with van der Waals surface area (Å²) in [6.07, 6.45) is 0. The second-order valence-electron chi connectivity index (χ2n) is 6.29. The number of likely N-dealkylation sites (N-methyl/N-ethyl adjacent to an activating group) is 1. The lowest BCUT2D eigenvalue weighted by atomic mass is 10.2. The molecule has 0 bridgehead atoms. The number of hydrogen-bond donors (Lipinski definition) is 1. The molecule has 0 radical (unpaired) electrons. The van der Waals surface area contributed by atoms with Crippen LogP contribution in [0, 0.1) is 5.82 Å². The third kappa shape index (κ3) is 4.66. The van der Waals surface area contributed by atoms with Crippen LogP contribution < -0.4 is 5.32 Å². The molecule has 1 saturated heterocycles.